The van der Waals surface area contributed by atoms with Crippen LogP contribution in [0.2, 0.25) is 0 Å². The van der Waals surface area contributed by atoms with Gasteiger partial charge in [-0.25, -0.2) is 4.98 Å². The molecule has 0 bridgehead atoms. The van der Waals surface area contributed by atoms with E-state index in [2.05, 4.69) is 34.1 Å². The number of nitrogens with one attached hydrogen (secondary N) is 1. The number of likely N-dealkylation sites (tertiary alicyclic amines) is 1. The van der Waals surface area contributed by atoms with Crippen LogP contribution < -0.4 is 5.32 Å². The number of carbonyl (C=O) groups excluding carboxylic acids is 2. The summed E-state index contributed by atoms with van der Waals surface area (Å²) in [6.07, 6.45) is 4.21. The minimum Gasteiger partial charge on any atom is -0.352 e. The van der Waals surface area contributed by atoms with E-state index in [-0.39, 0.29) is 17.7 Å². The maximum absolute atomic E-state index is 13.3. The summed E-state index contributed by atoms with van der Waals surface area (Å²) < 4.78 is 0. The number of hydrogen-bond acceptors (Lipinski definition) is 6. The van der Waals surface area contributed by atoms with Gasteiger partial charge in [-0.05, 0) is 43.5 Å². The minimum absolute atomic E-state index is 0.0218. The lowest BCUT2D eigenvalue weighted by molar-refractivity contribution is 0.0794. The molecule has 166 valence electrons. The quantitative estimate of drug-likeness (QED) is 0.616. The number of thiazole rings is 1. The highest BCUT2D eigenvalue weighted by Gasteiger charge is 2.32. The highest BCUT2D eigenvalue weighted by atomic mass is 32.1. The van der Waals surface area contributed by atoms with Crippen molar-refractivity contribution in [2.24, 2.45) is 5.92 Å². The molecule has 1 fully saturated rings. The molecule has 1 aliphatic rings. The minimum atomic E-state index is -0.107. The van der Waals surface area contributed by atoms with Gasteiger partial charge in [0.2, 0.25) is 0 Å². The first kappa shape index (κ1) is 22.1. The van der Waals surface area contributed by atoms with Crippen molar-refractivity contribution in [2.75, 3.05) is 19.6 Å². The molecule has 1 saturated heterocycles. The molecule has 4 heterocycles. The van der Waals surface area contributed by atoms with E-state index in [9.17, 15) is 9.59 Å². The largest absolute Gasteiger partial charge is 0.352 e. The second-order valence-electron chi connectivity index (χ2n) is 8.43. The summed E-state index contributed by atoms with van der Waals surface area (Å²) in [5.41, 5.74) is 2.85. The molecule has 7 nitrogen and oxygen atoms in total. The molecule has 32 heavy (non-hydrogen) atoms. The van der Waals surface area contributed by atoms with Crippen molar-refractivity contribution in [1.29, 1.82) is 0 Å². The van der Waals surface area contributed by atoms with E-state index < -0.39 is 0 Å². The van der Waals surface area contributed by atoms with Gasteiger partial charge in [0.25, 0.3) is 11.8 Å². The summed E-state index contributed by atoms with van der Waals surface area (Å²) in [4.78, 5) is 41.9. The zero-order valence-electron chi connectivity index (χ0n) is 18.5. The molecule has 0 aliphatic carbocycles. The Morgan fingerprint density at radius 3 is 2.75 bits per heavy atom. The van der Waals surface area contributed by atoms with E-state index in [1.807, 2.05) is 36.1 Å². The second kappa shape index (κ2) is 9.56. The Bertz CT molecular complexity index is 1110. The molecule has 3 aromatic heterocycles. The number of hydrogen-bond donors (Lipinski definition) is 1. The predicted octanol–water partition coefficient (Wildman–Crippen LogP) is 3.92. The van der Waals surface area contributed by atoms with Crippen molar-refractivity contribution in [3.05, 3.63) is 64.6 Å². The van der Waals surface area contributed by atoms with Crippen molar-refractivity contribution >= 4 is 23.2 Å². The maximum Gasteiger partial charge on any atom is 0.265 e. The number of aromatic nitrogens is 3. The van der Waals surface area contributed by atoms with Gasteiger partial charge in [-0.1, -0.05) is 19.9 Å². The van der Waals surface area contributed by atoms with Crippen LogP contribution in [0, 0.1) is 12.8 Å². The fraction of sp³-hybridized carbons (Fsp3) is 0.375. The molecule has 0 unspecified atom stereocenters. The van der Waals surface area contributed by atoms with Crippen LogP contribution in [0.15, 0.2) is 42.7 Å². The molecule has 3 aromatic rings. The summed E-state index contributed by atoms with van der Waals surface area (Å²) >= 11 is 1.38. The lowest BCUT2D eigenvalue weighted by Gasteiger charge is -2.17. The van der Waals surface area contributed by atoms with Crippen LogP contribution in [-0.4, -0.2) is 51.3 Å². The van der Waals surface area contributed by atoms with Crippen molar-refractivity contribution in [3.8, 4) is 10.7 Å². The standard InChI is InChI=1S/C24H27N5O2S/c1-15(2)13-27-22(30)18-7-6-11-26-20(18)17-9-12-29(14-17)24(31)21-16(3)28-23(32-21)19-8-4-5-10-25-19/h4-8,10-11,15,17H,9,12-14H2,1-3H3,(H,27,30)/t17-/m0/s1. The van der Waals surface area contributed by atoms with Gasteiger partial charge in [-0.15, -0.1) is 11.3 Å². The van der Waals surface area contributed by atoms with E-state index in [4.69, 9.17) is 0 Å². The Morgan fingerprint density at radius 1 is 1.19 bits per heavy atom. The Kier molecular flexibility index (Phi) is 6.60. The summed E-state index contributed by atoms with van der Waals surface area (Å²) in [6, 6.07) is 9.26. The number of pyridine rings is 2. The van der Waals surface area contributed by atoms with Gasteiger partial charge in [0.15, 0.2) is 0 Å². The highest BCUT2D eigenvalue weighted by Crippen LogP contribution is 2.32. The van der Waals surface area contributed by atoms with Gasteiger partial charge < -0.3 is 10.2 Å². The summed E-state index contributed by atoms with van der Waals surface area (Å²) in [7, 11) is 0. The number of carbonyl (C=O) groups is 2. The third-order valence-corrected chi connectivity index (χ3v) is 6.66. The molecule has 0 spiro atoms. The smallest absolute Gasteiger partial charge is 0.265 e. The summed E-state index contributed by atoms with van der Waals surface area (Å²) in [6.45, 7) is 7.77. The van der Waals surface area contributed by atoms with E-state index in [0.717, 1.165) is 28.5 Å². The SMILES string of the molecule is Cc1nc(-c2ccccn2)sc1C(=O)N1CC[C@H](c2ncccc2C(=O)NCC(C)C)C1. The molecule has 1 aliphatic heterocycles. The predicted molar refractivity (Wildman–Crippen MR) is 125 cm³/mol. The van der Waals surface area contributed by atoms with Crippen LogP contribution >= 0.6 is 11.3 Å². The van der Waals surface area contributed by atoms with Gasteiger partial charge in [0.1, 0.15) is 9.88 Å². The molecular formula is C24H27N5O2S. The zero-order chi connectivity index (χ0) is 22.7. The molecule has 0 radical (unpaired) electrons. The Labute approximate surface area is 191 Å². The van der Waals surface area contributed by atoms with E-state index in [1.54, 1.807) is 18.5 Å². The topological polar surface area (TPSA) is 88.1 Å². The van der Waals surface area contributed by atoms with Crippen LogP contribution in [0.1, 0.15) is 57.6 Å². The van der Waals surface area contributed by atoms with E-state index >= 15 is 0 Å². The van der Waals surface area contributed by atoms with Gasteiger partial charge in [-0.2, -0.15) is 0 Å². The summed E-state index contributed by atoms with van der Waals surface area (Å²) in [5, 5.41) is 3.72. The molecule has 0 saturated carbocycles. The number of amides is 2. The normalized spacial score (nSPS) is 15.9. The maximum atomic E-state index is 13.3. The fourth-order valence-corrected chi connectivity index (χ4v) is 4.84. The molecular weight excluding hydrogens is 422 g/mol. The van der Waals surface area contributed by atoms with Gasteiger partial charge in [0.05, 0.1) is 22.6 Å². The molecule has 8 heteroatoms. The first-order valence-corrected chi connectivity index (χ1v) is 11.7. The van der Waals surface area contributed by atoms with Gasteiger partial charge in [-0.3, -0.25) is 19.6 Å². The van der Waals surface area contributed by atoms with Crippen molar-refractivity contribution in [1.82, 2.24) is 25.2 Å². The fourth-order valence-electron chi connectivity index (χ4n) is 3.83. The first-order valence-electron chi connectivity index (χ1n) is 10.8. The van der Waals surface area contributed by atoms with Gasteiger partial charge >= 0.3 is 0 Å². The molecule has 2 amide bonds. The Morgan fingerprint density at radius 2 is 2.00 bits per heavy atom. The third-order valence-electron chi connectivity index (χ3n) is 5.49. The van der Waals surface area contributed by atoms with Crippen molar-refractivity contribution < 1.29 is 9.59 Å². The van der Waals surface area contributed by atoms with Crippen LogP contribution in [0.25, 0.3) is 10.7 Å². The second-order valence-corrected chi connectivity index (χ2v) is 9.42. The molecule has 1 N–H and O–H groups in total. The van der Waals surface area contributed by atoms with Crippen LogP contribution in [0.5, 0.6) is 0 Å². The number of nitrogens with zero attached hydrogens (tertiary/aromatic N) is 4. The monoisotopic (exact) mass is 449 g/mol. The lowest BCUT2D eigenvalue weighted by atomic mass is 9.98. The summed E-state index contributed by atoms with van der Waals surface area (Å²) in [5.74, 6) is 0.275. The van der Waals surface area contributed by atoms with Gasteiger partial charge in [0, 0.05) is 37.9 Å². The number of rotatable bonds is 6. The number of aryl methyl sites for hydroxylation is 1. The third kappa shape index (κ3) is 4.70. The molecule has 4 rings (SSSR count). The first-order chi connectivity index (χ1) is 15.4. The average molecular weight is 450 g/mol. The molecule has 0 aromatic carbocycles. The average Bonchev–Trinajstić information content (AvgIpc) is 3.45. The van der Waals surface area contributed by atoms with Crippen LogP contribution in [-0.2, 0) is 0 Å². The molecule has 1 atom stereocenters. The van der Waals surface area contributed by atoms with Crippen molar-refractivity contribution in [3.63, 3.8) is 0 Å². The Balaban J connectivity index is 1.50. The van der Waals surface area contributed by atoms with E-state index in [0.29, 0.717) is 36.0 Å². The van der Waals surface area contributed by atoms with Crippen molar-refractivity contribution in [2.45, 2.75) is 33.1 Å². The van der Waals surface area contributed by atoms with Crippen LogP contribution in [0.4, 0.5) is 0 Å². The Hall–Kier alpha value is -3.13. The lowest BCUT2D eigenvalue weighted by Crippen LogP contribution is -2.30. The van der Waals surface area contributed by atoms with E-state index in [1.165, 1.54) is 11.3 Å². The highest BCUT2D eigenvalue weighted by molar-refractivity contribution is 7.17. The zero-order valence-corrected chi connectivity index (χ0v) is 19.4. The van der Waals surface area contributed by atoms with Crippen LogP contribution in [0.3, 0.4) is 0 Å².